The van der Waals surface area contributed by atoms with Crippen molar-refractivity contribution in [3.63, 3.8) is 0 Å². The molecule has 0 amide bonds. The number of aromatic nitrogens is 1. The molecule has 9 heteroatoms. The fraction of sp³-hybridized carbons (Fsp3) is 0.214. The molecule has 190 valence electrons. The lowest BCUT2D eigenvalue weighted by Gasteiger charge is -2.20. The average Bonchev–Trinajstić information content (AvgIpc) is 3.29. The molecule has 5 rings (SSSR count). The lowest BCUT2D eigenvalue weighted by molar-refractivity contribution is -0.137. The number of aliphatic carboxylic acids is 1. The third kappa shape index (κ3) is 5.08. The van der Waals surface area contributed by atoms with Gasteiger partial charge < -0.3 is 15.2 Å². The van der Waals surface area contributed by atoms with Crippen molar-refractivity contribution in [3.8, 4) is 5.75 Å². The van der Waals surface area contributed by atoms with Crippen molar-refractivity contribution >= 4 is 38.3 Å². The van der Waals surface area contributed by atoms with Crippen molar-refractivity contribution in [2.24, 2.45) is 0 Å². The van der Waals surface area contributed by atoms with Gasteiger partial charge in [-0.1, -0.05) is 18.2 Å². The third-order valence-electron chi connectivity index (χ3n) is 6.65. The summed E-state index contributed by atoms with van der Waals surface area (Å²) in [6, 6.07) is 21.9. The van der Waals surface area contributed by atoms with Gasteiger partial charge in [-0.25, -0.2) is 8.42 Å². The maximum atomic E-state index is 13.6. The van der Waals surface area contributed by atoms with Crippen LogP contribution in [0.25, 0.3) is 10.9 Å². The van der Waals surface area contributed by atoms with Crippen LogP contribution in [0.1, 0.15) is 29.9 Å². The number of nitrogens with one attached hydrogen (secondary N) is 1. The van der Waals surface area contributed by atoms with Gasteiger partial charge in [0.1, 0.15) is 5.75 Å². The van der Waals surface area contributed by atoms with E-state index in [-0.39, 0.29) is 23.8 Å². The zero-order chi connectivity index (χ0) is 26.0. The van der Waals surface area contributed by atoms with Crippen LogP contribution in [0.2, 0.25) is 0 Å². The summed E-state index contributed by atoms with van der Waals surface area (Å²) in [6.45, 7) is 0.730. The predicted molar refractivity (Wildman–Crippen MR) is 143 cm³/mol. The van der Waals surface area contributed by atoms with Gasteiger partial charge in [-0.15, -0.1) is 0 Å². The summed E-state index contributed by atoms with van der Waals surface area (Å²) >= 11 is 0. The first-order valence-electron chi connectivity index (χ1n) is 12.0. The molecule has 2 N–H and O–H groups in total. The molecule has 0 saturated heterocycles. The molecule has 0 radical (unpaired) electrons. The fourth-order valence-corrected chi connectivity index (χ4v) is 6.21. The molecule has 1 atom stereocenters. The second-order valence-electron chi connectivity index (χ2n) is 9.00. The number of carboxylic acids is 1. The second-order valence-corrected chi connectivity index (χ2v) is 10.9. The van der Waals surface area contributed by atoms with Crippen LogP contribution in [0.15, 0.2) is 83.9 Å². The van der Waals surface area contributed by atoms with E-state index in [9.17, 15) is 13.2 Å². The molecule has 1 aliphatic rings. The number of benzene rings is 3. The molecule has 0 saturated carbocycles. The van der Waals surface area contributed by atoms with Gasteiger partial charge in [0, 0.05) is 42.7 Å². The number of hydrogen-bond donors (Lipinski definition) is 2. The number of anilines is 2. The van der Waals surface area contributed by atoms with Crippen molar-refractivity contribution in [2.75, 3.05) is 23.3 Å². The van der Waals surface area contributed by atoms with Crippen LogP contribution in [0, 0.1) is 0 Å². The van der Waals surface area contributed by atoms with Gasteiger partial charge in [-0.3, -0.25) is 14.1 Å². The summed E-state index contributed by atoms with van der Waals surface area (Å²) in [7, 11) is -2.29. The third-order valence-corrected chi connectivity index (χ3v) is 8.44. The van der Waals surface area contributed by atoms with Gasteiger partial charge in [0.2, 0.25) is 0 Å². The standard InChI is InChI=1S/C28H27N3O5S/c1-36-23-8-12-27-25(16-23)21(6-13-28(32)33)18-31(27)37(34,35)24-9-4-19(5-10-24)17-30-22-7-11-26-20(15-22)3-2-14-29-26/h2-5,7-12,14-16,21,30H,6,13,17-18H2,1H3,(H,32,33). The lowest BCUT2D eigenvalue weighted by atomic mass is 9.96. The first kappa shape index (κ1) is 24.6. The van der Waals surface area contributed by atoms with Crippen LogP contribution < -0.4 is 14.4 Å². The van der Waals surface area contributed by atoms with Gasteiger partial charge in [0.15, 0.2) is 0 Å². The van der Waals surface area contributed by atoms with Crippen molar-refractivity contribution in [1.29, 1.82) is 0 Å². The molecule has 0 spiro atoms. The Morgan fingerprint density at radius 3 is 2.68 bits per heavy atom. The van der Waals surface area contributed by atoms with Gasteiger partial charge >= 0.3 is 5.97 Å². The fourth-order valence-electron chi connectivity index (χ4n) is 4.68. The number of nitrogens with zero attached hydrogens (tertiary/aromatic N) is 2. The molecule has 4 aromatic rings. The Labute approximate surface area is 215 Å². The SMILES string of the molecule is COc1ccc2c(c1)C(CCC(=O)O)CN2S(=O)(=O)c1ccc(CNc2ccc3ncccc3c2)cc1. The number of sulfonamides is 1. The van der Waals surface area contributed by atoms with E-state index in [0.717, 1.165) is 27.7 Å². The van der Waals surface area contributed by atoms with Crippen molar-refractivity contribution in [3.05, 3.63) is 90.1 Å². The van der Waals surface area contributed by atoms with Crippen LogP contribution in [-0.2, 0) is 21.4 Å². The second kappa shape index (κ2) is 10.1. The Bertz CT molecular complexity index is 1550. The summed E-state index contributed by atoms with van der Waals surface area (Å²) in [5, 5.41) is 13.6. The Hall–Kier alpha value is -4.11. The molecule has 2 heterocycles. The number of hydrogen-bond acceptors (Lipinski definition) is 6. The number of methoxy groups -OCH3 is 1. The van der Waals surface area contributed by atoms with Crippen molar-refractivity contribution in [1.82, 2.24) is 4.98 Å². The topological polar surface area (TPSA) is 109 Å². The monoisotopic (exact) mass is 517 g/mol. The zero-order valence-corrected chi connectivity index (χ0v) is 21.1. The van der Waals surface area contributed by atoms with Gasteiger partial charge in [-0.05, 0) is 72.1 Å². The van der Waals surface area contributed by atoms with Crippen molar-refractivity contribution in [2.45, 2.75) is 30.2 Å². The highest BCUT2D eigenvalue weighted by Gasteiger charge is 2.37. The minimum atomic E-state index is -3.83. The quantitative estimate of drug-likeness (QED) is 0.321. The van der Waals surface area contributed by atoms with E-state index in [0.29, 0.717) is 24.4 Å². The molecule has 0 fully saturated rings. The zero-order valence-electron chi connectivity index (χ0n) is 20.3. The van der Waals surface area contributed by atoms with E-state index in [1.54, 1.807) is 55.8 Å². The minimum absolute atomic E-state index is 0.0371. The summed E-state index contributed by atoms with van der Waals surface area (Å²) < 4.78 is 33.9. The largest absolute Gasteiger partial charge is 0.497 e. The Morgan fingerprint density at radius 2 is 1.92 bits per heavy atom. The summed E-state index contributed by atoms with van der Waals surface area (Å²) in [5.41, 5.74) is 4.17. The molecular formula is C28H27N3O5S. The van der Waals surface area contributed by atoms with Crippen LogP contribution >= 0.6 is 0 Å². The number of fused-ring (bicyclic) bond motifs is 2. The highest BCUT2D eigenvalue weighted by atomic mass is 32.2. The first-order chi connectivity index (χ1) is 17.8. The minimum Gasteiger partial charge on any atom is -0.497 e. The first-order valence-corrected chi connectivity index (χ1v) is 13.4. The number of carbonyl (C=O) groups is 1. The Balaban J connectivity index is 1.33. The highest BCUT2D eigenvalue weighted by Crippen LogP contribution is 2.43. The summed E-state index contributed by atoms with van der Waals surface area (Å²) in [6.07, 6.45) is 2.07. The molecular weight excluding hydrogens is 490 g/mol. The van der Waals surface area contributed by atoms with E-state index in [1.165, 1.54) is 4.31 Å². The van der Waals surface area contributed by atoms with Crippen LogP contribution in [0.4, 0.5) is 11.4 Å². The highest BCUT2D eigenvalue weighted by molar-refractivity contribution is 7.92. The number of rotatable bonds is 9. The normalized spacial score (nSPS) is 14.9. The van der Waals surface area contributed by atoms with E-state index in [2.05, 4.69) is 10.3 Å². The number of carboxylic acid groups (broad SMARTS) is 1. The van der Waals surface area contributed by atoms with Crippen LogP contribution in [0.3, 0.4) is 0 Å². The van der Waals surface area contributed by atoms with E-state index in [1.807, 2.05) is 30.3 Å². The Kier molecular flexibility index (Phi) is 6.71. The van der Waals surface area contributed by atoms with Crippen LogP contribution in [0.5, 0.6) is 5.75 Å². The molecule has 1 unspecified atom stereocenters. The smallest absolute Gasteiger partial charge is 0.303 e. The number of pyridine rings is 1. The molecule has 1 aromatic heterocycles. The van der Waals surface area contributed by atoms with E-state index in [4.69, 9.17) is 9.84 Å². The predicted octanol–water partition coefficient (Wildman–Crippen LogP) is 5.01. The molecule has 37 heavy (non-hydrogen) atoms. The molecule has 3 aromatic carbocycles. The van der Waals surface area contributed by atoms with Gasteiger partial charge in [0.05, 0.1) is 23.2 Å². The van der Waals surface area contributed by atoms with Gasteiger partial charge in [0.25, 0.3) is 10.0 Å². The maximum absolute atomic E-state index is 13.6. The lowest BCUT2D eigenvalue weighted by Crippen LogP contribution is -2.30. The molecule has 8 nitrogen and oxygen atoms in total. The van der Waals surface area contributed by atoms with Crippen molar-refractivity contribution < 1.29 is 23.1 Å². The molecule has 0 bridgehead atoms. The molecule has 1 aliphatic heterocycles. The van der Waals surface area contributed by atoms with Gasteiger partial charge in [-0.2, -0.15) is 0 Å². The number of ether oxygens (including phenoxy) is 1. The van der Waals surface area contributed by atoms with Crippen LogP contribution in [-0.4, -0.2) is 38.1 Å². The van der Waals surface area contributed by atoms with E-state index >= 15 is 0 Å². The Morgan fingerprint density at radius 1 is 1.11 bits per heavy atom. The summed E-state index contributed by atoms with van der Waals surface area (Å²) in [4.78, 5) is 15.7. The maximum Gasteiger partial charge on any atom is 0.303 e. The van der Waals surface area contributed by atoms with E-state index < -0.39 is 16.0 Å². The molecule has 0 aliphatic carbocycles. The average molecular weight is 518 g/mol. The summed E-state index contributed by atoms with van der Waals surface area (Å²) in [5.74, 6) is -0.523.